The molecule has 0 aromatic heterocycles. The van der Waals surface area contributed by atoms with Crippen molar-refractivity contribution in [2.75, 3.05) is 6.61 Å². The molecule has 1 aromatic carbocycles. The number of hydrogen-bond donors (Lipinski definition) is 0. The first-order valence-corrected chi connectivity index (χ1v) is 14.8. The van der Waals surface area contributed by atoms with E-state index in [1.54, 1.807) is 0 Å². The van der Waals surface area contributed by atoms with Crippen LogP contribution in [0.15, 0.2) is 79.4 Å². The van der Waals surface area contributed by atoms with E-state index in [1.807, 2.05) is 48.6 Å². The summed E-state index contributed by atoms with van der Waals surface area (Å²) in [6.45, 7) is 17.7. The van der Waals surface area contributed by atoms with Gasteiger partial charge in [0, 0.05) is 5.56 Å². The van der Waals surface area contributed by atoms with Crippen molar-refractivity contribution >= 4 is 8.32 Å². The summed E-state index contributed by atoms with van der Waals surface area (Å²) in [7, 11) is -2.07. The van der Waals surface area contributed by atoms with Crippen LogP contribution in [0.25, 0.3) is 0 Å². The van der Waals surface area contributed by atoms with Crippen molar-refractivity contribution in [1.82, 2.24) is 0 Å². The lowest BCUT2D eigenvalue weighted by molar-refractivity contribution is -0.260. The highest BCUT2D eigenvalue weighted by atomic mass is 28.4. The Hall–Kier alpha value is -1.76. The monoisotopic (exact) mass is 468 g/mol. The molecule has 0 aliphatic carbocycles. The zero-order valence-corrected chi connectivity index (χ0v) is 22.0. The zero-order valence-electron chi connectivity index (χ0n) is 21.0. The van der Waals surface area contributed by atoms with E-state index in [0.29, 0.717) is 6.61 Å². The summed E-state index contributed by atoms with van der Waals surface area (Å²) in [5, 5.41) is 0.0824. The molecule has 0 saturated carbocycles. The molecule has 0 radical (unpaired) electrons. The summed E-state index contributed by atoms with van der Waals surface area (Å²) in [5.41, 5.74) is 0.395. The molecule has 5 heteroatoms. The molecule has 0 spiro atoms. The number of benzene rings is 1. The molecule has 0 amide bonds. The molecule has 3 rings (SSSR count). The molecular formula is C28H40O4Si. The molecule has 4 nitrogen and oxygen atoms in total. The van der Waals surface area contributed by atoms with Crippen molar-refractivity contribution in [2.45, 2.75) is 82.5 Å². The fourth-order valence-electron chi connectivity index (χ4n) is 3.77. The standard InChI is InChI=1S/C28H40O4Si/c1-8-9-10-11-15-18-25-28(5,32-33(6,7)27(2,3)4)20-19-23-24(30-25)21-29-26(31-23)22-16-13-12-14-17-22/h8,10-20,23-26H,1,9,21H2,2-7H3/b11-10-,18-15-/t23-,24+,25-,26+,28+/m0/s1. The lowest BCUT2D eigenvalue weighted by Gasteiger charge is -2.45. The predicted molar refractivity (Wildman–Crippen MR) is 138 cm³/mol. The number of hydrogen-bond acceptors (Lipinski definition) is 4. The molecule has 1 saturated heterocycles. The van der Waals surface area contributed by atoms with Gasteiger partial charge in [-0.25, -0.2) is 0 Å². The Labute approximate surface area is 201 Å². The fraction of sp³-hybridized carbons (Fsp3) is 0.500. The largest absolute Gasteiger partial charge is 0.405 e. The summed E-state index contributed by atoms with van der Waals surface area (Å²) < 4.78 is 26.0. The van der Waals surface area contributed by atoms with E-state index >= 15 is 0 Å². The van der Waals surface area contributed by atoms with E-state index in [2.05, 4.69) is 71.7 Å². The Bertz CT molecular complexity index is 868. The van der Waals surface area contributed by atoms with Crippen LogP contribution >= 0.6 is 0 Å². The SMILES string of the molecule is C=CC/C=C\C=C/[C@@H]1O[C@@H]2CO[C@@H](c3ccccc3)O[C@H]2C=C[C@@]1(C)O[Si](C)(C)C(C)(C)C. The summed E-state index contributed by atoms with van der Waals surface area (Å²) in [6, 6.07) is 10.0. The molecule has 0 N–H and O–H groups in total. The van der Waals surface area contributed by atoms with Gasteiger partial charge < -0.3 is 18.6 Å². The van der Waals surface area contributed by atoms with Gasteiger partial charge in [-0.2, -0.15) is 0 Å². The van der Waals surface area contributed by atoms with Crippen molar-refractivity contribution in [2.24, 2.45) is 0 Å². The molecule has 33 heavy (non-hydrogen) atoms. The Morgan fingerprint density at radius 3 is 2.55 bits per heavy atom. The molecule has 0 unspecified atom stereocenters. The van der Waals surface area contributed by atoms with Crippen molar-refractivity contribution in [3.8, 4) is 0 Å². The third-order valence-electron chi connectivity index (χ3n) is 6.75. The Kier molecular flexibility index (Phi) is 8.35. The molecule has 1 fully saturated rings. The third kappa shape index (κ3) is 6.43. The number of fused-ring (bicyclic) bond motifs is 1. The fourth-order valence-corrected chi connectivity index (χ4v) is 5.36. The molecular weight excluding hydrogens is 428 g/mol. The minimum Gasteiger partial charge on any atom is -0.405 e. The lowest BCUT2D eigenvalue weighted by Crippen LogP contribution is -2.53. The van der Waals surface area contributed by atoms with Gasteiger partial charge in [0.05, 0.1) is 6.61 Å². The third-order valence-corrected chi connectivity index (χ3v) is 11.3. The van der Waals surface area contributed by atoms with Gasteiger partial charge in [-0.3, -0.25) is 0 Å². The Morgan fingerprint density at radius 1 is 1.15 bits per heavy atom. The molecule has 0 bridgehead atoms. The van der Waals surface area contributed by atoms with E-state index in [4.69, 9.17) is 18.6 Å². The minimum atomic E-state index is -2.07. The van der Waals surface area contributed by atoms with Crippen molar-refractivity contribution in [3.05, 3.63) is 85.0 Å². The smallest absolute Gasteiger partial charge is 0.193 e. The van der Waals surface area contributed by atoms with Crippen LogP contribution in [0, 0.1) is 0 Å². The van der Waals surface area contributed by atoms with E-state index in [9.17, 15) is 0 Å². The zero-order chi connectivity index (χ0) is 24.1. The molecule has 2 aliphatic heterocycles. The lowest BCUT2D eigenvalue weighted by atomic mass is 9.98. The highest BCUT2D eigenvalue weighted by molar-refractivity contribution is 6.74. The average molecular weight is 469 g/mol. The van der Waals surface area contributed by atoms with Crippen LogP contribution in [0.1, 0.15) is 46.0 Å². The van der Waals surface area contributed by atoms with Crippen LogP contribution in [0.2, 0.25) is 18.1 Å². The second-order valence-electron chi connectivity index (χ2n) is 10.5. The van der Waals surface area contributed by atoms with Crippen molar-refractivity contribution in [3.63, 3.8) is 0 Å². The normalized spacial score (nSPS) is 31.0. The molecule has 1 aromatic rings. The second kappa shape index (κ2) is 10.7. The van der Waals surface area contributed by atoms with Crippen LogP contribution in [-0.2, 0) is 18.6 Å². The maximum atomic E-state index is 6.96. The maximum Gasteiger partial charge on any atom is 0.193 e. The average Bonchev–Trinajstić information content (AvgIpc) is 2.89. The van der Waals surface area contributed by atoms with Gasteiger partial charge in [0.1, 0.15) is 23.9 Å². The van der Waals surface area contributed by atoms with Crippen LogP contribution in [0.3, 0.4) is 0 Å². The topological polar surface area (TPSA) is 36.9 Å². The Balaban J connectivity index is 1.87. The molecule has 2 heterocycles. The molecule has 2 aliphatic rings. The van der Waals surface area contributed by atoms with E-state index in [0.717, 1.165) is 12.0 Å². The van der Waals surface area contributed by atoms with Crippen LogP contribution in [-0.4, -0.2) is 38.8 Å². The first kappa shape index (κ1) is 25.9. The highest BCUT2D eigenvalue weighted by Crippen LogP contribution is 2.42. The highest BCUT2D eigenvalue weighted by Gasteiger charge is 2.48. The minimum absolute atomic E-state index is 0.0824. The van der Waals surface area contributed by atoms with Crippen LogP contribution < -0.4 is 0 Å². The number of ether oxygens (including phenoxy) is 3. The first-order chi connectivity index (χ1) is 15.6. The van der Waals surface area contributed by atoms with E-state index in [1.165, 1.54) is 0 Å². The van der Waals surface area contributed by atoms with Gasteiger partial charge in [0.25, 0.3) is 0 Å². The van der Waals surface area contributed by atoms with E-state index in [-0.39, 0.29) is 23.4 Å². The number of allylic oxidation sites excluding steroid dienone is 4. The van der Waals surface area contributed by atoms with Crippen molar-refractivity contribution < 1.29 is 18.6 Å². The van der Waals surface area contributed by atoms with Gasteiger partial charge in [0.15, 0.2) is 14.6 Å². The Morgan fingerprint density at radius 2 is 1.88 bits per heavy atom. The molecule has 180 valence electrons. The summed E-state index contributed by atoms with van der Waals surface area (Å²) >= 11 is 0. The van der Waals surface area contributed by atoms with Gasteiger partial charge in [-0.05, 0) is 31.5 Å². The van der Waals surface area contributed by atoms with Crippen LogP contribution in [0.4, 0.5) is 0 Å². The number of rotatable bonds is 7. The predicted octanol–water partition coefficient (Wildman–Crippen LogP) is 6.89. The summed E-state index contributed by atoms with van der Waals surface area (Å²) in [4.78, 5) is 0. The summed E-state index contributed by atoms with van der Waals surface area (Å²) in [6.07, 6.45) is 14.1. The maximum absolute atomic E-state index is 6.96. The van der Waals surface area contributed by atoms with Crippen LogP contribution in [0.5, 0.6) is 0 Å². The quantitative estimate of drug-likeness (QED) is 0.248. The van der Waals surface area contributed by atoms with Gasteiger partial charge >= 0.3 is 0 Å². The van der Waals surface area contributed by atoms with Gasteiger partial charge in [-0.1, -0.05) is 93.6 Å². The molecule has 5 atom stereocenters. The first-order valence-electron chi connectivity index (χ1n) is 11.9. The summed E-state index contributed by atoms with van der Waals surface area (Å²) in [5.74, 6) is 0. The van der Waals surface area contributed by atoms with Gasteiger partial charge in [-0.15, -0.1) is 6.58 Å². The van der Waals surface area contributed by atoms with Gasteiger partial charge in [0.2, 0.25) is 0 Å². The second-order valence-corrected chi connectivity index (χ2v) is 15.2. The van der Waals surface area contributed by atoms with Crippen molar-refractivity contribution in [1.29, 1.82) is 0 Å². The van der Waals surface area contributed by atoms with E-state index < -0.39 is 20.2 Å².